The average molecular weight is 240 g/mol. The fourth-order valence-electron chi connectivity index (χ4n) is 3.17. The molecule has 0 heterocycles. The highest BCUT2D eigenvalue weighted by atomic mass is 19.2. The predicted octanol–water partition coefficient (Wildman–Crippen LogP) is 3.61. The Hall–Kier alpha value is -0.960. The van der Waals surface area contributed by atoms with Crippen LogP contribution in [0.5, 0.6) is 0 Å². The van der Waals surface area contributed by atoms with Gasteiger partial charge in [-0.25, -0.2) is 8.78 Å². The molecule has 0 aromatic heterocycles. The first kappa shape index (κ1) is 12.5. The number of benzene rings is 1. The van der Waals surface area contributed by atoms with Crippen molar-refractivity contribution in [3.63, 3.8) is 0 Å². The van der Waals surface area contributed by atoms with Gasteiger partial charge < -0.3 is 5.11 Å². The van der Waals surface area contributed by atoms with Gasteiger partial charge in [0, 0.05) is 5.56 Å². The van der Waals surface area contributed by atoms with E-state index in [1.54, 1.807) is 0 Å². The molecule has 0 amide bonds. The Morgan fingerprint density at radius 3 is 2.35 bits per heavy atom. The van der Waals surface area contributed by atoms with Crippen LogP contribution < -0.4 is 0 Å². The molecule has 1 nitrogen and oxygen atoms in total. The molecule has 2 unspecified atom stereocenters. The Morgan fingerprint density at radius 1 is 1.18 bits per heavy atom. The minimum absolute atomic E-state index is 0.107. The van der Waals surface area contributed by atoms with Gasteiger partial charge >= 0.3 is 0 Å². The van der Waals surface area contributed by atoms with Gasteiger partial charge in [-0.3, -0.25) is 0 Å². The van der Waals surface area contributed by atoms with Crippen LogP contribution in [0.25, 0.3) is 0 Å². The molecule has 1 aliphatic carbocycles. The van der Waals surface area contributed by atoms with Crippen LogP contribution in [0.15, 0.2) is 18.2 Å². The van der Waals surface area contributed by atoms with Crippen molar-refractivity contribution < 1.29 is 13.9 Å². The molecule has 0 spiro atoms. The lowest BCUT2D eigenvalue weighted by atomic mass is 9.70. The molecule has 1 fully saturated rings. The zero-order chi connectivity index (χ0) is 12.6. The summed E-state index contributed by atoms with van der Waals surface area (Å²) in [5.74, 6) is -1.14. The summed E-state index contributed by atoms with van der Waals surface area (Å²) in [7, 11) is 0. The van der Waals surface area contributed by atoms with E-state index in [-0.39, 0.29) is 5.56 Å². The maximum Gasteiger partial charge on any atom is 0.164 e. The first-order valence-electron chi connectivity index (χ1n) is 6.09. The van der Waals surface area contributed by atoms with E-state index in [0.29, 0.717) is 24.7 Å². The van der Waals surface area contributed by atoms with Gasteiger partial charge in [0.15, 0.2) is 11.6 Å². The highest BCUT2D eigenvalue weighted by Crippen LogP contribution is 2.43. The third kappa shape index (κ3) is 2.34. The minimum Gasteiger partial charge on any atom is -0.385 e. The van der Waals surface area contributed by atoms with Crippen molar-refractivity contribution in [2.45, 2.75) is 38.7 Å². The summed E-state index contributed by atoms with van der Waals surface area (Å²) in [5, 5.41) is 10.6. The van der Waals surface area contributed by atoms with Gasteiger partial charge in [-0.2, -0.15) is 0 Å². The third-order valence-electron chi connectivity index (χ3n) is 3.63. The molecular weight excluding hydrogens is 222 g/mol. The van der Waals surface area contributed by atoms with E-state index < -0.39 is 17.2 Å². The lowest BCUT2D eigenvalue weighted by Gasteiger charge is -2.39. The maximum absolute atomic E-state index is 13.8. The number of hydrogen-bond donors (Lipinski definition) is 1. The van der Waals surface area contributed by atoms with Crippen LogP contribution in [0.2, 0.25) is 0 Å². The molecular formula is C14H18F2O. The molecule has 1 aromatic carbocycles. The van der Waals surface area contributed by atoms with Crippen molar-refractivity contribution in [2.75, 3.05) is 0 Å². The number of hydrogen-bond acceptors (Lipinski definition) is 1. The molecule has 94 valence electrons. The Bertz CT molecular complexity index is 407. The van der Waals surface area contributed by atoms with E-state index in [4.69, 9.17) is 0 Å². The highest BCUT2D eigenvalue weighted by molar-refractivity contribution is 5.26. The lowest BCUT2D eigenvalue weighted by molar-refractivity contribution is -0.0393. The summed E-state index contributed by atoms with van der Waals surface area (Å²) in [6.45, 7) is 4.08. The second-order valence-corrected chi connectivity index (χ2v) is 5.49. The Morgan fingerprint density at radius 2 is 1.76 bits per heavy atom. The van der Waals surface area contributed by atoms with E-state index >= 15 is 0 Å². The Labute approximate surface area is 100 Å². The van der Waals surface area contributed by atoms with Crippen molar-refractivity contribution >= 4 is 0 Å². The van der Waals surface area contributed by atoms with Crippen LogP contribution in [0.3, 0.4) is 0 Å². The van der Waals surface area contributed by atoms with Gasteiger partial charge in [-0.15, -0.1) is 0 Å². The maximum atomic E-state index is 13.8. The van der Waals surface area contributed by atoms with Crippen LogP contribution in [0.1, 0.15) is 38.7 Å². The van der Waals surface area contributed by atoms with E-state index in [0.717, 1.165) is 12.5 Å². The number of aliphatic hydroxyl groups is 1. The third-order valence-corrected chi connectivity index (χ3v) is 3.63. The normalized spacial score (nSPS) is 33.7. The quantitative estimate of drug-likeness (QED) is 0.795. The van der Waals surface area contributed by atoms with Gasteiger partial charge in [0.05, 0.1) is 5.60 Å². The molecule has 17 heavy (non-hydrogen) atoms. The van der Waals surface area contributed by atoms with Crippen molar-refractivity contribution in [2.24, 2.45) is 11.8 Å². The Kier molecular flexibility index (Phi) is 3.21. The molecule has 0 saturated heterocycles. The standard InChI is InChI=1S/C14H18F2O/c1-9-6-10(2)8-14(17,7-9)11-4-3-5-12(15)13(11)16/h3-5,9-10,17H,6-8H2,1-2H3. The zero-order valence-corrected chi connectivity index (χ0v) is 10.2. The molecule has 0 radical (unpaired) electrons. The largest absolute Gasteiger partial charge is 0.385 e. The van der Waals surface area contributed by atoms with E-state index in [2.05, 4.69) is 0 Å². The van der Waals surface area contributed by atoms with E-state index in [1.807, 2.05) is 13.8 Å². The molecule has 1 N–H and O–H groups in total. The summed E-state index contributed by atoms with van der Waals surface area (Å²) >= 11 is 0. The van der Waals surface area contributed by atoms with Gasteiger partial charge in [-0.1, -0.05) is 26.0 Å². The first-order chi connectivity index (χ1) is 7.92. The Balaban J connectivity index is 2.40. The van der Waals surface area contributed by atoms with Crippen LogP contribution in [-0.4, -0.2) is 5.11 Å². The van der Waals surface area contributed by atoms with Crippen LogP contribution >= 0.6 is 0 Å². The molecule has 1 saturated carbocycles. The van der Waals surface area contributed by atoms with E-state index in [9.17, 15) is 13.9 Å². The lowest BCUT2D eigenvalue weighted by Crippen LogP contribution is -2.36. The topological polar surface area (TPSA) is 20.2 Å². The molecule has 0 bridgehead atoms. The smallest absolute Gasteiger partial charge is 0.164 e. The second-order valence-electron chi connectivity index (χ2n) is 5.49. The van der Waals surface area contributed by atoms with E-state index in [1.165, 1.54) is 12.1 Å². The van der Waals surface area contributed by atoms with Gasteiger partial charge in [0.1, 0.15) is 0 Å². The summed E-state index contributed by atoms with van der Waals surface area (Å²) < 4.78 is 27.0. The first-order valence-corrected chi connectivity index (χ1v) is 6.09. The van der Waals surface area contributed by atoms with Crippen molar-refractivity contribution in [3.8, 4) is 0 Å². The van der Waals surface area contributed by atoms with Crippen LogP contribution in [-0.2, 0) is 5.60 Å². The summed E-state index contributed by atoms with van der Waals surface area (Å²) in [6.07, 6.45) is 2.02. The van der Waals surface area contributed by atoms with Crippen molar-refractivity contribution in [1.82, 2.24) is 0 Å². The minimum atomic E-state index is -1.22. The van der Waals surface area contributed by atoms with Crippen LogP contribution in [0.4, 0.5) is 8.78 Å². The molecule has 3 heteroatoms. The molecule has 1 aliphatic rings. The fourth-order valence-corrected chi connectivity index (χ4v) is 3.17. The predicted molar refractivity (Wildman–Crippen MR) is 62.4 cm³/mol. The second kappa shape index (κ2) is 4.37. The summed E-state index contributed by atoms with van der Waals surface area (Å²) in [4.78, 5) is 0. The van der Waals surface area contributed by atoms with Gasteiger partial charge in [0.25, 0.3) is 0 Å². The molecule has 1 aromatic rings. The molecule has 2 atom stereocenters. The summed E-state index contributed by atoms with van der Waals surface area (Å²) in [5.41, 5.74) is -1.11. The highest BCUT2D eigenvalue weighted by Gasteiger charge is 2.39. The van der Waals surface area contributed by atoms with Crippen LogP contribution in [0, 0.1) is 23.5 Å². The van der Waals surface area contributed by atoms with Crippen molar-refractivity contribution in [3.05, 3.63) is 35.4 Å². The average Bonchev–Trinajstić information content (AvgIpc) is 2.19. The van der Waals surface area contributed by atoms with Crippen molar-refractivity contribution in [1.29, 1.82) is 0 Å². The summed E-state index contributed by atoms with van der Waals surface area (Å²) in [6, 6.07) is 4.02. The molecule has 0 aliphatic heterocycles. The van der Waals surface area contributed by atoms with Gasteiger partial charge in [-0.05, 0) is 37.2 Å². The SMILES string of the molecule is CC1CC(C)CC(O)(c2cccc(F)c2F)C1. The monoisotopic (exact) mass is 240 g/mol. The molecule has 2 rings (SSSR count). The number of rotatable bonds is 1. The van der Waals surface area contributed by atoms with Gasteiger partial charge in [0.2, 0.25) is 0 Å². The number of halogens is 2. The fraction of sp³-hybridized carbons (Fsp3) is 0.571. The zero-order valence-electron chi connectivity index (χ0n) is 10.2.